The molecule has 0 fully saturated rings. The van der Waals surface area contributed by atoms with E-state index in [0.717, 1.165) is 11.6 Å². The third-order valence-electron chi connectivity index (χ3n) is 5.34. The SMILES string of the molecule is CCn1c(CO)nn(-c2cc(O[C@@H](C)C(F)(F)F)c3c(Oc4cc(C)nn4C)nccc3c2)c1=O. The minimum absolute atomic E-state index is 0.00362. The Hall–Kier alpha value is -3.87. The zero-order valence-electron chi connectivity index (χ0n) is 19.4. The zero-order valence-corrected chi connectivity index (χ0v) is 19.4. The first-order chi connectivity index (χ1) is 16.5. The molecule has 0 aliphatic carbocycles. The number of rotatable bonds is 7. The molecule has 35 heavy (non-hydrogen) atoms. The molecule has 4 rings (SSSR count). The van der Waals surface area contributed by atoms with Crippen LogP contribution in [0.25, 0.3) is 16.5 Å². The number of pyridine rings is 1. The van der Waals surface area contributed by atoms with E-state index in [9.17, 15) is 23.1 Å². The number of aliphatic hydroxyl groups is 1. The Morgan fingerprint density at radius 2 is 1.94 bits per heavy atom. The number of fused-ring (bicyclic) bond motifs is 1. The van der Waals surface area contributed by atoms with Crippen molar-refractivity contribution < 1.29 is 27.8 Å². The number of aromatic nitrogens is 6. The lowest BCUT2D eigenvalue weighted by Gasteiger charge is -2.20. The number of alkyl halides is 3. The molecule has 0 saturated heterocycles. The molecule has 0 aliphatic rings. The van der Waals surface area contributed by atoms with E-state index in [1.807, 2.05) is 0 Å². The third kappa shape index (κ3) is 4.58. The number of benzene rings is 1. The highest BCUT2D eigenvalue weighted by Crippen LogP contribution is 2.38. The summed E-state index contributed by atoms with van der Waals surface area (Å²) in [5, 5.41) is 18.5. The number of nitrogens with zero attached hydrogens (tertiary/aromatic N) is 6. The molecular weight excluding hydrogens is 469 g/mol. The van der Waals surface area contributed by atoms with Crippen LogP contribution in [0.3, 0.4) is 0 Å². The van der Waals surface area contributed by atoms with Crippen molar-refractivity contribution in [2.24, 2.45) is 7.05 Å². The monoisotopic (exact) mass is 492 g/mol. The van der Waals surface area contributed by atoms with Crippen molar-refractivity contribution in [1.82, 2.24) is 29.1 Å². The van der Waals surface area contributed by atoms with Gasteiger partial charge in [-0.2, -0.15) is 23.0 Å². The first-order valence-electron chi connectivity index (χ1n) is 10.7. The van der Waals surface area contributed by atoms with E-state index in [2.05, 4.69) is 15.2 Å². The van der Waals surface area contributed by atoms with E-state index < -0.39 is 24.6 Å². The molecule has 13 heteroatoms. The molecular formula is C22H23F3N6O4. The molecule has 0 bridgehead atoms. The first-order valence-corrected chi connectivity index (χ1v) is 10.7. The summed E-state index contributed by atoms with van der Waals surface area (Å²) in [6.07, 6.45) is -5.38. The zero-order chi connectivity index (χ0) is 25.5. The van der Waals surface area contributed by atoms with Gasteiger partial charge in [-0.25, -0.2) is 14.5 Å². The molecule has 1 atom stereocenters. The molecule has 0 saturated carbocycles. The fraction of sp³-hybridized carbons (Fsp3) is 0.364. The van der Waals surface area contributed by atoms with Crippen molar-refractivity contribution >= 4 is 10.8 Å². The fourth-order valence-electron chi connectivity index (χ4n) is 3.60. The van der Waals surface area contributed by atoms with Gasteiger partial charge < -0.3 is 14.6 Å². The van der Waals surface area contributed by atoms with E-state index >= 15 is 0 Å². The topological polar surface area (TPSA) is 109 Å². The smallest absolute Gasteiger partial charge is 0.425 e. The first kappa shape index (κ1) is 24.3. The van der Waals surface area contributed by atoms with Crippen LogP contribution >= 0.6 is 0 Å². The van der Waals surface area contributed by atoms with Crippen LogP contribution in [-0.4, -0.2) is 46.5 Å². The second-order valence-electron chi connectivity index (χ2n) is 7.82. The third-order valence-corrected chi connectivity index (χ3v) is 5.34. The molecule has 3 heterocycles. The normalized spacial score (nSPS) is 12.8. The van der Waals surface area contributed by atoms with Gasteiger partial charge in [0, 0.05) is 31.9 Å². The van der Waals surface area contributed by atoms with Crippen LogP contribution < -0.4 is 15.2 Å². The molecule has 0 unspecified atom stereocenters. The van der Waals surface area contributed by atoms with Crippen LogP contribution in [-0.2, 0) is 20.2 Å². The highest BCUT2D eigenvalue weighted by molar-refractivity contribution is 5.94. The van der Waals surface area contributed by atoms with E-state index in [-0.39, 0.29) is 35.1 Å². The highest BCUT2D eigenvalue weighted by Gasteiger charge is 2.38. The van der Waals surface area contributed by atoms with Gasteiger partial charge in [0.15, 0.2) is 11.9 Å². The maximum Gasteiger partial charge on any atom is 0.425 e. The van der Waals surface area contributed by atoms with Gasteiger partial charge in [0.2, 0.25) is 11.8 Å². The Morgan fingerprint density at radius 1 is 1.20 bits per heavy atom. The van der Waals surface area contributed by atoms with Gasteiger partial charge in [-0.1, -0.05) is 0 Å². The van der Waals surface area contributed by atoms with Crippen LogP contribution in [0.2, 0.25) is 0 Å². The summed E-state index contributed by atoms with van der Waals surface area (Å²) in [6.45, 7) is 4.12. The van der Waals surface area contributed by atoms with Gasteiger partial charge in [0.25, 0.3) is 0 Å². The molecule has 0 spiro atoms. The average molecular weight is 492 g/mol. The van der Waals surface area contributed by atoms with Gasteiger partial charge in [-0.15, -0.1) is 5.10 Å². The Kier molecular flexibility index (Phi) is 6.28. The lowest BCUT2D eigenvalue weighted by Crippen LogP contribution is -2.31. The number of aryl methyl sites for hydroxylation is 2. The molecule has 4 aromatic rings. The lowest BCUT2D eigenvalue weighted by molar-refractivity contribution is -0.189. The van der Waals surface area contributed by atoms with Crippen LogP contribution in [0.4, 0.5) is 13.2 Å². The quantitative estimate of drug-likeness (QED) is 0.422. The molecule has 0 radical (unpaired) electrons. The van der Waals surface area contributed by atoms with Gasteiger partial charge in [0.1, 0.15) is 12.4 Å². The van der Waals surface area contributed by atoms with Crippen LogP contribution in [0.15, 0.2) is 35.3 Å². The molecule has 1 aromatic carbocycles. The molecule has 186 valence electrons. The van der Waals surface area contributed by atoms with Crippen molar-refractivity contribution in [3.8, 4) is 23.2 Å². The summed E-state index contributed by atoms with van der Waals surface area (Å²) >= 11 is 0. The summed E-state index contributed by atoms with van der Waals surface area (Å²) < 4.78 is 55.1. The number of halogens is 3. The number of ether oxygens (including phenoxy) is 2. The number of hydrogen-bond donors (Lipinski definition) is 1. The second-order valence-corrected chi connectivity index (χ2v) is 7.82. The summed E-state index contributed by atoms with van der Waals surface area (Å²) in [7, 11) is 1.66. The average Bonchev–Trinajstić information content (AvgIpc) is 3.29. The summed E-state index contributed by atoms with van der Waals surface area (Å²) in [6, 6.07) is 6.03. The van der Waals surface area contributed by atoms with Gasteiger partial charge >= 0.3 is 11.9 Å². The predicted molar refractivity (Wildman–Crippen MR) is 119 cm³/mol. The van der Waals surface area contributed by atoms with Gasteiger partial charge in [-0.05, 0) is 38.3 Å². The summed E-state index contributed by atoms with van der Waals surface area (Å²) in [5.41, 5.74) is 0.279. The summed E-state index contributed by atoms with van der Waals surface area (Å²) in [5.74, 6) is 0.248. The number of hydrogen-bond acceptors (Lipinski definition) is 7. The highest BCUT2D eigenvalue weighted by atomic mass is 19.4. The van der Waals surface area contributed by atoms with Crippen LogP contribution in [0.5, 0.6) is 17.5 Å². The minimum Gasteiger partial charge on any atom is -0.480 e. The maximum atomic E-state index is 13.4. The van der Waals surface area contributed by atoms with Crippen LogP contribution in [0.1, 0.15) is 25.4 Å². The summed E-state index contributed by atoms with van der Waals surface area (Å²) in [4.78, 5) is 17.0. The van der Waals surface area contributed by atoms with Gasteiger partial charge in [-0.3, -0.25) is 4.57 Å². The lowest BCUT2D eigenvalue weighted by atomic mass is 10.1. The number of aliphatic hydroxyl groups excluding tert-OH is 1. The van der Waals surface area contributed by atoms with Crippen molar-refractivity contribution in [1.29, 1.82) is 0 Å². The Morgan fingerprint density at radius 3 is 2.51 bits per heavy atom. The standard InChI is InChI=1S/C22H23F3N6O4/c1-5-30-17(11-32)28-31(21(30)33)15-9-14-6-7-26-20(35-18-8-12(2)27-29(18)4)19(14)16(10-15)34-13(3)22(23,24)25/h6-10,13,32H,5,11H2,1-4H3/t13-/m0/s1. The van der Waals surface area contributed by atoms with E-state index in [1.54, 1.807) is 39.1 Å². The Labute approximate surface area is 197 Å². The predicted octanol–water partition coefficient (Wildman–Crippen LogP) is 3.26. The van der Waals surface area contributed by atoms with E-state index in [0.29, 0.717) is 17.0 Å². The molecule has 1 N–H and O–H groups in total. The molecule has 0 amide bonds. The fourth-order valence-corrected chi connectivity index (χ4v) is 3.60. The van der Waals surface area contributed by atoms with Gasteiger partial charge in [0.05, 0.1) is 16.8 Å². The van der Waals surface area contributed by atoms with Crippen molar-refractivity contribution in [2.45, 2.75) is 46.2 Å². The Bertz CT molecular complexity index is 1440. The van der Waals surface area contributed by atoms with Crippen LogP contribution in [0, 0.1) is 6.92 Å². The van der Waals surface area contributed by atoms with Crippen molar-refractivity contribution in [3.05, 3.63) is 52.5 Å². The van der Waals surface area contributed by atoms with E-state index in [4.69, 9.17) is 9.47 Å². The maximum absolute atomic E-state index is 13.4. The van der Waals surface area contributed by atoms with Crippen molar-refractivity contribution in [3.63, 3.8) is 0 Å². The Balaban J connectivity index is 1.93. The molecule has 0 aliphatic heterocycles. The molecule has 3 aromatic heterocycles. The second kappa shape index (κ2) is 9.06. The van der Waals surface area contributed by atoms with E-state index in [1.165, 1.54) is 21.5 Å². The minimum atomic E-state index is -4.64. The molecule has 10 nitrogen and oxygen atoms in total. The largest absolute Gasteiger partial charge is 0.480 e. The van der Waals surface area contributed by atoms with Crippen molar-refractivity contribution in [2.75, 3.05) is 0 Å².